The summed E-state index contributed by atoms with van der Waals surface area (Å²) >= 11 is 0. The van der Waals surface area contributed by atoms with Crippen LogP contribution in [-0.4, -0.2) is 35.2 Å². The lowest BCUT2D eigenvalue weighted by molar-refractivity contribution is -0.141. The first-order chi connectivity index (χ1) is 13.0. The van der Waals surface area contributed by atoms with E-state index in [1.807, 2.05) is 30.3 Å². The molecule has 2 rings (SSSR count). The van der Waals surface area contributed by atoms with Crippen LogP contribution >= 0.6 is 0 Å². The summed E-state index contributed by atoms with van der Waals surface area (Å²) in [4.78, 5) is 36.0. The van der Waals surface area contributed by atoms with Gasteiger partial charge in [0, 0.05) is 24.8 Å². The molecule has 0 aliphatic heterocycles. The third-order valence-electron chi connectivity index (χ3n) is 3.54. The summed E-state index contributed by atoms with van der Waals surface area (Å²) in [5.74, 6) is -0.986. The molecule has 1 unspecified atom stereocenters. The second-order valence-corrected chi connectivity index (χ2v) is 5.35. The standard InChI is InChI=1S/C18H20N6O3/c1-27-15(25)9-14(12-5-3-2-4-6-12)23-11-13(10-19)24-18(26)16-17(20)22-8-7-21-16/h2-8,10-11,14H,9,19H2,1H3,(H2,20,22)(H,24,26). The molecular formula is C18H20N6O3. The number of hydrogen-bond donors (Lipinski definition) is 3. The molecule has 0 saturated carbocycles. The topological polar surface area (TPSA) is 146 Å². The third-order valence-corrected chi connectivity index (χ3v) is 3.54. The Labute approximate surface area is 156 Å². The molecule has 1 heterocycles. The average Bonchev–Trinajstić information content (AvgIpc) is 2.70. The molecule has 1 amide bonds. The fraction of sp³-hybridized carbons (Fsp3) is 0.167. The number of carbonyl (C=O) groups is 2. The SMILES string of the molecule is COC(=O)CC(N=CC(=CN)NC(=O)c1nccnc1N)c1ccccc1. The van der Waals surface area contributed by atoms with Crippen molar-refractivity contribution in [1.82, 2.24) is 15.3 Å². The van der Waals surface area contributed by atoms with Gasteiger partial charge in [0.2, 0.25) is 0 Å². The number of esters is 1. The van der Waals surface area contributed by atoms with Gasteiger partial charge < -0.3 is 21.5 Å². The second-order valence-electron chi connectivity index (χ2n) is 5.35. The van der Waals surface area contributed by atoms with Crippen molar-refractivity contribution in [1.29, 1.82) is 0 Å². The highest BCUT2D eigenvalue weighted by atomic mass is 16.5. The molecule has 0 radical (unpaired) electrons. The van der Waals surface area contributed by atoms with Gasteiger partial charge in [-0.1, -0.05) is 30.3 Å². The van der Waals surface area contributed by atoms with E-state index in [2.05, 4.69) is 20.3 Å². The molecule has 0 bridgehead atoms. The van der Waals surface area contributed by atoms with Crippen LogP contribution in [0.5, 0.6) is 0 Å². The quantitative estimate of drug-likeness (QED) is 0.487. The van der Waals surface area contributed by atoms with Crippen LogP contribution < -0.4 is 16.8 Å². The maximum Gasteiger partial charge on any atom is 0.308 e. The molecule has 1 aromatic carbocycles. The smallest absolute Gasteiger partial charge is 0.308 e. The predicted molar refractivity (Wildman–Crippen MR) is 100 cm³/mol. The van der Waals surface area contributed by atoms with Gasteiger partial charge in [0.05, 0.1) is 25.3 Å². The van der Waals surface area contributed by atoms with Crippen LogP contribution in [0.1, 0.15) is 28.5 Å². The van der Waals surface area contributed by atoms with Crippen LogP contribution in [0.15, 0.2) is 59.6 Å². The van der Waals surface area contributed by atoms with Gasteiger partial charge in [0.1, 0.15) is 0 Å². The second kappa shape index (κ2) is 9.66. The molecule has 9 nitrogen and oxygen atoms in total. The van der Waals surface area contributed by atoms with Crippen LogP contribution in [0.2, 0.25) is 0 Å². The minimum Gasteiger partial charge on any atom is -0.469 e. The summed E-state index contributed by atoms with van der Waals surface area (Å²) < 4.78 is 4.72. The Morgan fingerprint density at radius 1 is 1.26 bits per heavy atom. The first-order valence-corrected chi connectivity index (χ1v) is 7.99. The number of nitrogens with one attached hydrogen (secondary N) is 1. The Morgan fingerprint density at radius 3 is 2.59 bits per heavy atom. The average molecular weight is 368 g/mol. The number of aliphatic imine (C=N–C) groups is 1. The number of hydrogen-bond acceptors (Lipinski definition) is 8. The van der Waals surface area contributed by atoms with Gasteiger partial charge in [-0.3, -0.25) is 14.6 Å². The van der Waals surface area contributed by atoms with E-state index in [0.717, 1.165) is 5.56 Å². The van der Waals surface area contributed by atoms with Crippen LogP contribution in [0, 0.1) is 0 Å². The highest BCUT2D eigenvalue weighted by Crippen LogP contribution is 2.21. The van der Waals surface area contributed by atoms with E-state index in [9.17, 15) is 9.59 Å². The molecule has 5 N–H and O–H groups in total. The zero-order chi connectivity index (χ0) is 19.6. The van der Waals surface area contributed by atoms with Crippen LogP contribution in [0.4, 0.5) is 5.82 Å². The normalized spacial score (nSPS) is 12.6. The molecule has 0 saturated heterocycles. The largest absolute Gasteiger partial charge is 0.469 e. The number of nitrogens with two attached hydrogens (primary N) is 2. The Bertz CT molecular complexity index is 851. The molecular weight excluding hydrogens is 348 g/mol. The van der Waals surface area contributed by atoms with E-state index in [1.165, 1.54) is 31.9 Å². The number of allylic oxidation sites excluding steroid dienone is 1. The van der Waals surface area contributed by atoms with Gasteiger partial charge in [-0.25, -0.2) is 9.97 Å². The van der Waals surface area contributed by atoms with Crippen molar-refractivity contribution in [2.75, 3.05) is 12.8 Å². The Kier molecular flexibility index (Phi) is 7.00. The molecule has 1 aromatic heterocycles. The van der Waals surface area contributed by atoms with Gasteiger partial charge in [0.15, 0.2) is 11.5 Å². The number of aromatic nitrogens is 2. The van der Waals surface area contributed by atoms with E-state index in [1.54, 1.807) is 0 Å². The molecule has 0 aliphatic carbocycles. The van der Waals surface area contributed by atoms with Crippen molar-refractivity contribution in [3.63, 3.8) is 0 Å². The summed E-state index contributed by atoms with van der Waals surface area (Å²) in [7, 11) is 1.31. The zero-order valence-corrected chi connectivity index (χ0v) is 14.7. The van der Waals surface area contributed by atoms with E-state index < -0.39 is 17.9 Å². The van der Waals surface area contributed by atoms with Gasteiger partial charge in [-0.05, 0) is 5.56 Å². The van der Waals surface area contributed by atoms with Gasteiger partial charge >= 0.3 is 5.97 Å². The summed E-state index contributed by atoms with van der Waals surface area (Å²) in [6, 6.07) is 8.73. The van der Waals surface area contributed by atoms with Crippen LogP contribution in [0.3, 0.4) is 0 Å². The first-order valence-electron chi connectivity index (χ1n) is 7.99. The maximum atomic E-state index is 12.2. The van der Waals surface area contributed by atoms with E-state index in [4.69, 9.17) is 16.2 Å². The number of amides is 1. The lowest BCUT2D eigenvalue weighted by Gasteiger charge is -2.12. The van der Waals surface area contributed by atoms with Crippen molar-refractivity contribution in [3.8, 4) is 0 Å². The zero-order valence-electron chi connectivity index (χ0n) is 14.7. The highest BCUT2D eigenvalue weighted by molar-refractivity contribution is 6.00. The minimum absolute atomic E-state index is 0.00355. The number of nitrogens with zero attached hydrogens (tertiary/aromatic N) is 3. The third kappa shape index (κ3) is 5.63. The van der Waals surface area contributed by atoms with Gasteiger partial charge in [0.25, 0.3) is 5.91 Å². The Hall–Kier alpha value is -3.75. The summed E-state index contributed by atoms with van der Waals surface area (Å²) in [5.41, 5.74) is 12.2. The maximum absolute atomic E-state index is 12.2. The number of ether oxygens (including phenoxy) is 1. The van der Waals surface area contributed by atoms with Crippen LogP contribution in [-0.2, 0) is 9.53 Å². The first kappa shape index (κ1) is 19.6. The molecule has 2 aromatic rings. The molecule has 0 spiro atoms. The number of rotatable bonds is 7. The molecule has 9 heteroatoms. The Balaban J connectivity index is 2.16. The minimum atomic E-state index is -0.576. The predicted octanol–water partition coefficient (Wildman–Crippen LogP) is 0.964. The molecule has 0 fully saturated rings. The number of benzene rings is 1. The fourth-order valence-corrected chi connectivity index (χ4v) is 2.17. The Morgan fingerprint density at radius 2 is 1.96 bits per heavy atom. The van der Waals surface area contributed by atoms with Crippen LogP contribution in [0.25, 0.3) is 0 Å². The van der Waals surface area contributed by atoms with Crippen molar-refractivity contribution < 1.29 is 14.3 Å². The summed E-state index contributed by atoms with van der Waals surface area (Å²) in [6.07, 6.45) is 5.32. The lowest BCUT2D eigenvalue weighted by Crippen LogP contribution is -2.26. The summed E-state index contributed by atoms with van der Waals surface area (Å²) in [6.45, 7) is 0. The number of nitrogen functional groups attached to an aromatic ring is 1. The lowest BCUT2D eigenvalue weighted by atomic mass is 10.0. The van der Waals surface area contributed by atoms with Gasteiger partial charge in [-0.15, -0.1) is 0 Å². The van der Waals surface area contributed by atoms with Gasteiger partial charge in [-0.2, -0.15) is 0 Å². The molecule has 27 heavy (non-hydrogen) atoms. The number of carbonyl (C=O) groups excluding carboxylic acids is 2. The van der Waals surface area contributed by atoms with E-state index in [-0.39, 0.29) is 23.6 Å². The van der Waals surface area contributed by atoms with Crippen molar-refractivity contribution in [2.45, 2.75) is 12.5 Å². The van der Waals surface area contributed by atoms with E-state index in [0.29, 0.717) is 0 Å². The summed E-state index contributed by atoms with van der Waals surface area (Å²) in [5, 5.41) is 2.55. The molecule has 140 valence electrons. The van der Waals surface area contributed by atoms with Crippen molar-refractivity contribution in [3.05, 3.63) is 65.9 Å². The number of anilines is 1. The molecule has 0 aliphatic rings. The van der Waals surface area contributed by atoms with E-state index >= 15 is 0 Å². The monoisotopic (exact) mass is 368 g/mol. The molecule has 1 atom stereocenters. The number of methoxy groups -OCH3 is 1. The van der Waals surface area contributed by atoms with Crippen molar-refractivity contribution >= 4 is 23.9 Å². The highest BCUT2D eigenvalue weighted by Gasteiger charge is 2.16. The van der Waals surface area contributed by atoms with Crippen molar-refractivity contribution in [2.24, 2.45) is 10.7 Å². The fourth-order valence-electron chi connectivity index (χ4n) is 2.17.